The van der Waals surface area contributed by atoms with E-state index < -0.39 is 0 Å². The van der Waals surface area contributed by atoms with Gasteiger partial charge in [0, 0.05) is 12.1 Å². The Balaban J connectivity index is 2.58. The molecule has 0 radical (unpaired) electrons. The molecule has 2 amide bonds. The van der Waals surface area contributed by atoms with Gasteiger partial charge in [0.05, 0.1) is 0 Å². The summed E-state index contributed by atoms with van der Waals surface area (Å²) in [5.41, 5.74) is 1.91. The van der Waals surface area contributed by atoms with Crippen molar-refractivity contribution in [3.8, 4) is 5.75 Å². The van der Waals surface area contributed by atoms with Gasteiger partial charge in [-0.2, -0.15) is 0 Å². The van der Waals surface area contributed by atoms with E-state index >= 15 is 0 Å². The van der Waals surface area contributed by atoms with Crippen LogP contribution in [0.3, 0.4) is 0 Å². The SMILES string of the molecule is CNC(=O)NCOc1cc(C)c(Cl)c(C)c1. The Kier molecular flexibility index (Phi) is 4.43. The van der Waals surface area contributed by atoms with Crippen LogP contribution in [0.15, 0.2) is 12.1 Å². The van der Waals surface area contributed by atoms with Crippen molar-refractivity contribution in [2.45, 2.75) is 13.8 Å². The molecule has 4 nitrogen and oxygen atoms in total. The Morgan fingerprint density at radius 2 is 1.94 bits per heavy atom. The van der Waals surface area contributed by atoms with Crippen LogP contribution in [-0.4, -0.2) is 19.8 Å². The molecule has 0 fully saturated rings. The molecule has 88 valence electrons. The fourth-order valence-electron chi connectivity index (χ4n) is 1.26. The molecule has 1 aromatic carbocycles. The van der Waals surface area contributed by atoms with E-state index in [1.54, 1.807) is 7.05 Å². The topological polar surface area (TPSA) is 50.4 Å². The first kappa shape index (κ1) is 12.6. The minimum Gasteiger partial charge on any atom is -0.473 e. The molecule has 1 rings (SSSR count). The van der Waals surface area contributed by atoms with E-state index in [-0.39, 0.29) is 12.8 Å². The van der Waals surface area contributed by atoms with E-state index in [2.05, 4.69) is 10.6 Å². The summed E-state index contributed by atoms with van der Waals surface area (Å²) in [5.74, 6) is 0.691. The first-order valence-corrected chi connectivity index (χ1v) is 5.27. The highest BCUT2D eigenvalue weighted by atomic mass is 35.5. The summed E-state index contributed by atoms with van der Waals surface area (Å²) in [5, 5.41) is 5.70. The van der Waals surface area contributed by atoms with Crippen molar-refractivity contribution in [1.82, 2.24) is 10.6 Å². The van der Waals surface area contributed by atoms with Gasteiger partial charge in [-0.05, 0) is 37.1 Å². The highest BCUT2D eigenvalue weighted by molar-refractivity contribution is 6.32. The van der Waals surface area contributed by atoms with Crippen molar-refractivity contribution in [2.24, 2.45) is 0 Å². The lowest BCUT2D eigenvalue weighted by molar-refractivity contribution is 0.226. The van der Waals surface area contributed by atoms with Crippen molar-refractivity contribution < 1.29 is 9.53 Å². The molecule has 0 saturated carbocycles. The van der Waals surface area contributed by atoms with Gasteiger partial charge < -0.3 is 15.4 Å². The lowest BCUT2D eigenvalue weighted by Gasteiger charge is -2.10. The predicted octanol–water partition coefficient (Wildman–Crippen LogP) is 2.22. The summed E-state index contributed by atoms with van der Waals surface area (Å²) < 4.78 is 5.36. The van der Waals surface area contributed by atoms with Crippen LogP contribution in [0.5, 0.6) is 5.75 Å². The molecule has 0 heterocycles. The number of ether oxygens (including phenoxy) is 1. The molecular weight excluding hydrogens is 228 g/mol. The van der Waals surface area contributed by atoms with E-state index in [9.17, 15) is 4.79 Å². The zero-order valence-electron chi connectivity index (χ0n) is 9.56. The average Bonchev–Trinajstić information content (AvgIpc) is 2.25. The molecule has 0 aliphatic carbocycles. The minimum atomic E-state index is -0.276. The molecule has 1 aromatic rings. The third-order valence-electron chi connectivity index (χ3n) is 2.11. The smallest absolute Gasteiger partial charge is 0.317 e. The zero-order chi connectivity index (χ0) is 12.1. The Morgan fingerprint density at radius 1 is 1.38 bits per heavy atom. The number of hydrogen-bond acceptors (Lipinski definition) is 2. The molecule has 0 unspecified atom stereocenters. The van der Waals surface area contributed by atoms with Crippen LogP contribution in [-0.2, 0) is 0 Å². The standard InChI is InChI=1S/C11H15ClN2O2/c1-7-4-9(5-8(2)10(7)12)16-6-14-11(15)13-3/h4-5H,6H2,1-3H3,(H2,13,14,15). The number of hydrogen-bond donors (Lipinski definition) is 2. The molecule has 0 aromatic heterocycles. The molecule has 0 aliphatic heterocycles. The summed E-state index contributed by atoms with van der Waals surface area (Å²) in [6.07, 6.45) is 0. The van der Waals surface area contributed by atoms with Crippen LogP contribution in [0, 0.1) is 13.8 Å². The van der Waals surface area contributed by atoms with Gasteiger partial charge in [-0.25, -0.2) is 4.79 Å². The van der Waals surface area contributed by atoms with Crippen LogP contribution < -0.4 is 15.4 Å². The number of carbonyl (C=O) groups is 1. The maximum atomic E-state index is 10.9. The Labute approximate surface area is 99.9 Å². The fourth-order valence-corrected chi connectivity index (χ4v) is 1.37. The zero-order valence-corrected chi connectivity index (χ0v) is 10.3. The molecule has 0 atom stereocenters. The maximum absolute atomic E-state index is 10.9. The van der Waals surface area contributed by atoms with Crippen LogP contribution in [0.25, 0.3) is 0 Å². The van der Waals surface area contributed by atoms with Gasteiger partial charge in [0.15, 0.2) is 6.73 Å². The molecule has 0 bridgehead atoms. The van der Waals surface area contributed by atoms with E-state index in [1.165, 1.54) is 0 Å². The number of amides is 2. The normalized spacial score (nSPS) is 9.75. The summed E-state index contributed by atoms with van der Waals surface area (Å²) >= 11 is 6.02. The molecule has 0 spiro atoms. The molecule has 0 aliphatic rings. The number of carbonyl (C=O) groups excluding carboxylic acids is 1. The van der Waals surface area contributed by atoms with Crippen LogP contribution in [0.4, 0.5) is 4.79 Å². The predicted molar refractivity (Wildman–Crippen MR) is 64.0 cm³/mol. The van der Waals surface area contributed by atoms with Crippen molar-refractivity contribution in [1.29, 1.82) is 0 Å². The summed E-state index contributed by atoms with van der Waals surface area (Å²) in [6, 6.07) is 3.39. The van der Waals surface area contributed by atoms with Gasteiger partial charge in [0.25, 0.3) is 0 Å². The second kappa shape index (κ2) is 5.61. The van der Waals surface area contributed by atoms with Crippen molar-refractivity contribution in [3.63, 3.8) is 0 Å². The molecule has 0 saturated heterocycles. The molecule has 16 heavy (non-hydrogen) atoms. The van der Waals surface area contributed by atoms with Crippen molar-refractivity contribution in [3.05, 3.63) is 28.3 Å². The van der Waals surface area contributed by atoms with Gasteiger partial charge in [0.1, 0.15) is 5.75 Å². The quantitative estimate of drug-likeness (QED) is 0.799. The van der Waals surface area contributed by atoms with Gasteiger partial charge in [-0.15, -0.1) is 0 Å². The summed E-state index contributed by atoms with van der Waals surface area (Å²) in [4.78, 5) is 10.9. The number of nitrogens with one attached hydrogen (secondary N) is 2. The van der Waals surface area contributed by atoms with Crippen molar-refractivity contribution >= 4 is 17.6 Å². The Hall–Kier alpha value is -1.42. The first-order chi connectivity index (χ1) is 7.54. The van der Waals surface area contributed by atoms with E-state index in [0.717, 1.165) is 16.1 Å². The van der Waals surface area contributed by atoms with Gasteiger partial charge in [0.2, 0.25) is 0 Å². The first-order valence-electron chi connectivity index (χ1n) is 4.89. The molecular formula is C11H15ClN2O2. The lowest BCUT2D eigenvalue weighted by atomic mass is 10.1. The van der Waals surface area contributed by atoms with E-state index in [0.29, 0.717) is 5.75 Å². The lowest BCUT2D eigenvalue weighted by Crippen LogP contribution is -2.35. The monoisotopic (exact) mass is 242 g/mol. The third-order valence-corrected chi connectivity index (χ3v) is 2.70. The fraction of sp³-hybridized carbons (Fsp3) is 0.364. The largest absolute Gasteiger partial charge is 0.473 e. The molecule has 5 heteroatoms. The number of halogens is 1. The maximum Gasteiger partial charge on any atom is 0.317 e. The van der Waals surface area contributed by atoms with Gasteiger partial charge in [-0.1, -0.05) is 11.6 Å². The summed E-state index contributed by atoms with van der Waals surface area (Å²) in [7, 11) is 1.55. The third kappa shape index (κ3) is 3.31. The van der Waals surface area contributed by atoms with Crippen LogP contribution in [0.1, 0.15) is 11.1 Å². The minimum absolute atomic E-state index is 0.125. The van der Waals surface area contributed by atoms with E-state index in [1.807, 2.05) is 26.0 Å². The Bertz CT molecular complexity index is 371. The average molecular weight is 243 g/mol. The van der Waals surface area contributed by atoms with Gasteiger partial charge in [-0.3, -0.25) is 0 Å². The van der Waals surface area contributed by atoms with Gasteiger partial charge >= 0.3 is 6.03 Å². The number of urea groups is 1. The Morgan fingerprint density at radius 3 is 2.44 bits per heavy atom. The van der Waals surface area contributed by atoms with Crippen LogP contribution in [0.2, 0.25) is 5.02 Å². The highest BCUT2D eigenvalue weighted by Gasteiger charge is 2.03. The molecule has 2 N–H and O–H groups in total. The number of aryl methyl sites for hydroxylation is 2. The van der Waals surface area contributed by atoms with E-state index in [4.69, 9.17) is 16.3 Å². The number of benzene rings is 1. The van der Waals surface area contributed by atoms with Crippen LogP contribution >= 0.6 is 11.6 Å². The highest BCUT2D eigenvalue weighted by Crippen LogP contribution is 2.25. The summed E-state index contributed by atoms with van der Waals surface area (Å²) in [6.45, 7) is 3.95. The second-order valence-electron chi connectivity index (χ2n) is 3.42. The second-order valence-corrected chi connectivity index (χ2v) is 3.79. The van der Waals surface area contributed by atoms with Crippen molar-refractivity contribution in [2.75, 3.05) is 13.8 Å². The number of rotatable bonds is 3.